The fourth-order valence-corrected chi connectivity index (χ4v) is 3.53. The van der Waals surface area contributed by atoms with E-state index >= 15 is 0 Å². The molecular formula is C22H21N3O2S. The molecule has 0 aliphatic rings. The summed E-state index contributed by atoms with van der Waals surface area (Å²) in [5.41, 5.74) is 3.67. The number of nitrogens with one attached hydrogen (secondary N) is 1. The maximum absolute atomic E-state index is 12.6. The number of Topliss-reactive ketones (excluding diaryl/α,β-unsaturated/α-hetero) is 1. The number of anilines is 1. The zero-order chi connectivity index (χ0) is 20.1. The predicted molar refractivity (Wildman–Crippen MR) is 113 cm³/mol. The van der Waals surface area contributed by atoms with Crippen molar-refractivity contribution < 1.29 is 9.59 Å². The van der Waals surface area contributed by atoms with Gasteiger partial charge in [0.25, 0.3) is 0 Å². The number of para-hydroxylation sites is 1. The van der Waals surface area contributed by atoms with E-state index < -0.39 is 5.25 Å². The number of nitrogens with zero attached hydrogens (tertiary/aromatic N) is 2. The van der Waals surface area contributed by atoms with Gasteiger partial charge in [-0.2, -0.15) is 0 Å². The highest BCUT2D eigenvalue weighted by molar-refractivity contribution is 8.00. The summed E-state index contributed by atoms with van der Waals surface area (Å²) in [6.45, 7) is 5.19. The molecule has 1 heterocycles. The summed E-state index contributed by atoms with van der Waals surface area (Å²) in [7, 11) is 0. The summed E-state index contributed by atoms with van der Waals surface area (Å²) in [6.07, 6.45) is 0. The lowest BCUT2D eigenvalue weighted by atomic mass is 10.1. The molecule has 5 nitrogen and oxygen atoms in total. The van der Waals surface area contributed by atoms with Gasteiger partial charge < -0.3 is 5.32 Å². The molecule has 0 fully saturated rings. The fourth-order valence-electron chi connectivity index (χ4n) is 2.70. The molecule has 1 amide bonds. The molecule has 1 N–H and O–H groups in total. The second kappa shape index (κ2) is 8.80. The zero-order valence-electron chi connectivity index (χ0n) is 16.0. The fraction of sp³-hybridized carbons (Fsp3) is 0.182. The van der Waals surface area contributed by atoms with Crippen molar-refractivity contribution in [3.8, 4) is 11.3 Å². The first-order valence-corrected chi connectivity index (χ1v) is 9.80. The van der Waals surface area contributed by atoms with Crippen molar-refractivity contribution in [2.24, 2.45) is 0 Å². The van der Waals surface area contributed by atoms with Gasteiger partial charge in [-0.15, -0.1) is 0 Å². The van der Waals surface area contributed by atoms with Crippen molar-refractivity contribution in [2.75, 3.05) is 5.32 Å². The number of hydrogen-bond acceptors (Lipinski definition) is 5. The van der Waals surface area contributed by atoms with Crippen LogP contribution in [0.1, 0.15) is 29.9 Å². The number of benzene rings is 2. The molecule has 0 bridgehead atoms. The average Bonchev–Trinajstić information content (AvgIpc) is 2.68. The van der Waals surface area contributed by atoms with Gasteiger partial charge >= 0.3 is 0 Å². The van der Waals surface area contributed by atoms with Crippen LogP contribution in [0.4, 0.5) is 5.69 Å². The van der Waals surface area contributed by atoms with Crippen LogP contribution in [0.2, 0.25) is 0 Å². The third-order valence-corrected chi connectivity index (χ3v) is 5.08. The molecule has 28 heavy (non-hydrogen) atoms. The summed E-state index contributed by atoms with van der Waals surface area (Å²) in [4.78, 5) is 33.4. The molecule has 2 aromatic carbocycles. The minimum atomic E-state index is -0.426. The molecule has 0 saturated carbocycles. The Labute approximate surface area is 168 Å². The molecule has 3 aromatic rings. The van der Waals surface area contributed by atoms with Gasteiger partial charge in [-0.05, 0) is 39.0 Å². The number of carbonyl (C=O) groups excluding carboxylic acids is 2. The molecule has 1 atom stereocenters. The summed E-state index contributed by atoms with van der Waals surface area (Å²) >= 11 is 1.29. The molecule has 0 aliphatic carbocycles. The second-order valence-electron chi connectivity index (χ2n) is 6.39. The largest absolute Gasteiger partial charge is 0.324 e. The monoisotopic (exact) mass is 391 g/mol. The number of carbonyl (C=O) groups is 2. The van der Waals surface area contributed by atoms with Gasteiger partial charge in [0.05, 0.1) is 16.6 Å². The number of hydrogen-bond donors (Lipinski definition) is 1. The zero-order valence-corrected chi connectivity index (χ0v) is 16.8. The molecule has 6 heteroatoms. The maximum atomic E-state index is 12.6. The lowest BCUT2D eigenvalue weighted by Crippen LogP contribution is -2.23. The van der Waals surface area contributed by atoms with Crippen molar-refractivity contribution in [1.29, 1.82) is 0 Å². The molecule has 0 aliphatic heterocycles. The van der Waals surface area contributed by atoms with E-state index in [0.29, 0.717) is 16.4 Å². The third-order valence-electron chi connectivity index (χ3n) is 4.12. The molecule has 142 valence electrons. The van der Waals surface area contributed by atoms with Crippen LogP contribution in [0, 0.1) is 6.92 Å². The molecule has 1 aromatic heterocycles. The average molecular weight is 391 g/mol. The number of amides is 1. The first-order chi connectivity index (χ1) is 13.4. The van der Waals surface area contributed by atoms with E-state index in [4.69, 9.17) is 0 Å². The topological polar surface area (TPSA) is 72.0 Å². The van der Waals surface area contributed by atoms with Gasteiger partial charge in [0, 0.05) is 16.8 Å². The van der Waals surface area contributed by atoms with Crippen molar-refractivity contribution in [3.05, 3.63) is 71.9 Å². The van der Waals surface area contributed by atoms with Crippen LogP contribution in [-0.2, 0) is 4.79 Å². The Hall–Kier alpha value is -2.99. The molecule has 0 saturated heterocycles. The standard InChI is InChI=1S/C22H21N3O2S/c1-14-13-20(17-9-5-4-6-10-17)25-22(23-14)28-16(3)21(27)24-19-12-8-7-11-18(19)15(2)26/h4-13,16H,1-3H3,(H,24,27)/t16-/m0/s1. The first kappa shape index (κ1) is 19.8. The Morgan fingerprint density at radius 2 is 1.68 bits per heavy atom. The Bertz CT molecular complexity index is 1010. The highest BCUT2D eigenvalue weighted by atomic mass is 32.2. The van der Waals surface area contributed by atoms with E-state index in [1.807, 2.05) is 43.3 Å². The predicted octanol–water partition coefficient (Wildman–Crippen LogP) is 4.77. The van der Waals surface area contributed by atoms with Gasteiger partial charge in [-0.1, -0.05) is 54.2 Å². The van der Waals surface area contributed by atoms with Crippen LogP contribution in [0.3, 0.4) is 0 Å². The highest BCUT2D eigenvalue weighted by Crippen LogP contribution is 2.25. The highest BCUT2D eigenvalue weighted by Gasteiger charge is 2.19. The summed E-state index contributed by atoms with van der Waals surface area (Å²) in [5.74, 6) is -0.296. The number of aromatic nitrogens is 2. The van der Waals surface area contributed by atoms with Crippen molar-refractivity contribution in [1.82, 2.24) is 9.97 Å². The Kier molecular flexibility index (Phi) is 6.21. The van der Waals surface area contributed by atoms with E-state index in [0.717, 1.165) is 17.0 Å². The lowest BCUT2D eigenvalue weighted by Gasteiger charge is -2.14. The molecule has 0 radical (unpaired) electrons. The summed E-state index contributed by atoms with van der Waals surface area (Å²) in [6, 6.07) is 18.8. The number of rotatable bonds is 6. The quantitative estimate of drug-likeness (QED) is 0.372. The SMILES string of the molecule is CC(=O)c1ccccc1NC(=O)[C@H](C)Sc1nc(C)cc(-c2ccccc2)n1. The van der Waals surface area contributed by atoms with Crippen LogP contribution in [0.5, 0.6) is 0 Å². The van der Waals surface area contributed by atoms with Crippen molar-refractivity contribution >= 4 is 29.1 Å². The Morgan fingerprint density at radius 1 is 1.00 bits per heavy atom. The van der Waals surface area contributed by atoms with E-state index in [1.165, 1.54) is 18.7 Å². The van der Waals surface area contributed by atoms with Gasteiger partial charge in [-0.3, -0.25) is 9.59 Å². The number of thioether (sulfide) groups is 1. The van der Waals surface area contributed by atoms with Gasteiger partial charge in [0.2, 0.25) is 5.91 Å². The molecule has 0 spiro atoms. The number of ketones is 1. The second-order valence-corrected chi connectivity index (χ2v) is 7.70. The van der Waals surface area contributed by atoms with E-state index in [2.05, 4.69) is 15.3 Å². The Balaban J connectivity index is 1.76. The summed E-state index contributed by atoms with van der Waals surface area (Å²) < 4.78 is 0. The lowest BCUT2D eigenvalue weighted by molar-refractivity contribution is -0.115. The van der Waals surface area contributed by atoms with Crippen LogP contribution >= 0.6 is 11.8 Å². The van der Waals surface area contributed by atoms with Crippen LogP contribution < -0.4 is 5.32 Å². The normalized spacial score (nSPS) is 11.7. The van der Waals surface area contributed by atoms with Gasteiger partial charge in [-0.25, -0.2) is 9.97 Å². The van der Waals surface area contributed by atoms with Crippen LogP contribution in [0.15, 0.2) is 65.8 Å². The summed E-state index contributed by atoms with van der Waals surface area (Å²) in [5, 5.41) is 2.95. The van der Waals surface area contributed by atoms with Crippen LogP contribution in [0.25, 0.3) is 11.3 Å². The molecule has 0 unspecified atom stereocenters. The van der Waals surface area contributed by atoms with Gasteiger partial charge in [0.1, 0.15) is 0 Å². The minimum absolute atomic E-state index is 0.0919. The van der Waals surface area contributed by atoms with E-state index in [-0.39, 0.29) is 11.7 Å². The molecule has 3 rings (SSSR count). The van der Waals surface area contributed by atoms with Crippen molar-refractivity contribution in [2.45, 2.75) is 31.2 Å². The maximum Gasteiger partial charge on any atom is 0.237 e. The Morgan fingerprint density at radius 3 is 2.39 bits per heavy atom. The minimum Gasteiger partial charge on any atom is -0.324 e. The third kappa shape index (κ3) is 4.84. The smallest absolute Gasteiger partial charge is 0.237 e. The first-order valence-electron chi connectivity index (χ1n) is 8.92. The van der Waals surface area contributed by atoms with E-state index in [1.54, 1.807) is 31.2 Å². The number of aryl methyl sites for hydroxylation is 1. The van der Waals surface area contributed by atoms with Crippen molar-refractivity contribution in [3.63, 3.8) is 0 Å². The van der Waals surface area contributed by atoms with Gasteiger partial charge in [0.15, 0.2) is 10.9 Å². The van der Waals surface area contributed by atoms with Crippen LogP contribution in [-0.4, -0.2) is 26.9 Å². The van der Waals surface area contributed by atoms with E-state index in [9.17, 15) is 9.59 Å². The molecular weight excluding hydrogens is 370 g/mol.